The second kappa shape index (κ2) is 4.55. The van der Waals surface area contributed by atoms with Crippen molar-refractivity contribution in [1.29, 1.82) is 0 Å². The molecule has 0 heterocycles. The van der Waals surface area contributed by atoms with Gasteiger partial charge in [-0.2, -0.15) is 8.42 Å². The molecule has 0 spiro atoms. The number of hydrogen-bond donors (Lipinski definition) is 3. The lowest BCUT2D eigenvalue weighted by Crippen LogP contribution is -2.52. The molecular formula is C6H12N2O6S. The van der Waals surface area contributed by atoms with Gasteiger partial charge < -0.3 is 10.8 Å². The van der Waals surface area contributed by atoms with E-state index < -0.39 is 34.3 Å². The fourth-order valence-electron chi connectivity index (χ4n) is 0.805. The minimum absolute atomic E-state index is 0.167. The minimum atomic E-state index is -4.93. The highest BCUT2D eigenvalue weighted by atomic mass is 32.2. The van der Waals surface area contributed by atoms with Crippen molar-refractivity contribution in [2.45, 2.75) is 25.9 Å². The molecule has 0 aliphatic carbocycles. The lowest BCUT2D eigenvalue weighted by atomic mass is 10.3. The number of carboxylic acid groups (broad SMARTS) is 1. The third-order valence-corrected chi connectivity index (χ3v) is 2.56. The summed E-state index contributed by atoms with van der Waals surface area (Å²) in [6.45, 7) is 2.12. The van der Waals surface area contributed by atoms with Crippen molar-refractivity contribution in [3.8, 4) is 0 Å². The third kappa shape index (κ3) is 3.46. The lowest BCUT2D eigenvalue weighted by Gasteiger charge is -2.23. The SMILES string of the molecule is C[C@H](C(=O)O)N(C(=O)[C@@H](C)N)S(=O)(=O)O. The molecule has 0 aromatic carbocycles. The quantitative estimate of drug-likeness (QED) is 0.505. The van der Waals surface area contributed by atoms with E-state index in [0.717, 1.165) is 6.92 Å². The molecule has 0 aromatic rings. The Morgan fingerprint density at radius 2 is 1.73 bits per heavy atom. The molecule has 9 heteroatoms. The van der Waals surface area contributed by atoms with Crippen molar-refractivity contribution in [1.82, 2.24) is 4.31 Å². The molecule has 0 saturated heterocycles. The number of rotatable bonds is 4. The summed E-state index contributed by atoms with van der Waals surface area (Å²) in [5.74, 6) is -2.76. The molecule has 0 radical (unpaired) electrons. The van der Waals surface area contributed by atoms with Gasteiger partial charge in [0, 0.05) is 0 Å². The summed E-state index contributed by atoms with van der Waals surface area (Å²) in [6, 6.07) is -2.94. The number of carbonyl (C=O) groups excluding carboxylic acids is 1. The van der Waals surface area contributed by atoms with Crippen LogP contribution in [0.5, 0.6) is 0 Å². The number of carbonyl (C=O) groups is 2. The first-order valence-electron chi connectivity index (χ1n) is 3.88. The predicted molar refractivity (Wildman–Crippen MR) is 49.1 cm³/mol. The number of carboxylic acids is 1. The average molecular weight is 240 g/mol. The Kier molecular flexibility index (Phi) is 4.19. The molecule has 2 atom stereocenters. The first kappa shape index (κ1) is 13.8. The molecule has 1 amide bonds. The zero-order chi connectivity index (χ0) is 12.4. The zero-order valence-corrected chi connectivity index (χ0v) is 8.93. The third-order valence-electron chi connectivity index (χ3n) is 1.56. The van der Waals surface area contributed by atoms with E-state index in [9.17, 15) is 18.0 Å². The van der Waals surface area contributed by atoms with E-state index in [4.69, 9.17) is 15.4 Å². The molecule has 0 bridgehead atoms. The Bertz CT molecular complexity index is 362. The van der Waals surface area contributed by atoms with E-state index in [1.54, 1.807) is 0 Å². The Balaban J connectivity index is 5.27. The number of aliphatic carboxylic acids is 1. The van der Waals surface area contributed by atoms with Crippen LogP contribution in [-0.2, 0) is 19.9 Å². The topological polar surface area (TPSA) is 138 Å². The van der Waals surface area contributed by atoms with Crippen LogP contribution in [-0.4, -0.2) is 46.3 Å². The van der Waals surface area contributed by atoms with Crippen LogP contribution in [0, 0.1) is 0 Å². The normalized spacial score (nSPS) is 15.5. The van der Waals surface area contributed by atoms with Gasteiger partial charge in [0.1, 0.15) is 6.04 Å². The van der Waals surface area contributed by atoms with Crippen LogP contribution in [0.3, 0.4) is 0 Å². The molecule has 0 fully saturated rings. The molecule has 0 rings (SSSR count). The Labute approximate surface area is 86.5 Å². The van der Waals surface area contributed by atoms with Crippen molar-refractivity contribution in [2.24, 2.45) is 5.73 Å². The van der Waals surface area contributed by atoms with Crippen molar-refractivity contribution in [2.75, 3.05) is 0 Å². The zero-order valence-electron chi connectivity index (χ0n) is 8.11. The molecule has 0 unspecified atom stereocenters. The van der Waals surface area contributed by atoms with Gasteiger partial charge in [-0.15, -0.1) is 0 Å². The summed E-state index contributed by atoms with van der Waals surface area (Å²) in [5.41, 5.74) is 5.11. The molecule has 0 aliphatic heterocycles. The minimum Gasteiger partial charge on any atom is -0.480 e. The maximum atomic E-state index is 11.2. The van der Waals surface area contributed by atoms with Crippen LogP contribution in [0.25, 0.3) is 0 Å². The molecule has 0 saturated carbocycles. The predicted octanol–water partition coefficient (Wildman–Crippen LogP) is -1.56. The summed E-state index contributed by atoms with van der Waals surface area (Å²) in [7, 11) is -4.93. The summed E-state index contributed by atoms with van der Waals surface area (Å²) >= 11 is 0. The van der Waals surface area contributed by atoms with Crippen LogP contribution in [0.4, 0.5) is 0 Å². The van der Waals surface area contributed by atoms with Gasteiger partial charge in [-0.1, -0.05) is 0 Å². The Morgan fingerprint density at radius 3 is 1.93 bits per heavy atom. The number of amides is 1. The fraction of sp³-hybridized carbons (Fsp3) is 0.667. The molecule has 4 N–H and O–H groups in total. The molecule has 0 aromatic heterocycles. The highest BCUT2D eigenvalue weighted by molar-refractivity contribution is 7.84. The standard InChI is InChI=1S/C6H12N2O6S/c1-3(7)5(9)8(15(12,13)14)4(2)6(10)11/h3-4H,7H2,1-2H3,(H,10,11)(H,12,13,14)/t3-,4-/m1/s1. The van der Waals surface area contributed by atoms with Gasteiger partial charge in [-0.3, -0.25) is 9.35 Å². The maximum Gasteiger partial charge on any atom is 0.363 e. The second-order valence-electron chi connectivity index (χ2n) is 2.91. The van der Waals surface area contributed by atoms with Crippen molar-refractivity contribution < 1.29 is 27.7 Å². The Hall–Kier alpha value is -1.19. The van der Waals surface area contributed by atoms with Crippen molar-refractivity contribution >= 4 is 22.2 Å². The van der Waals surface area contributed by atoms with Crippen LogP contribution in [0.2, 0.25) is 0 Å². The number of nitrogens with two attached hydrogens (primary N) is 1. The van der Waals surface area contributed by atoms with E-state index in [0.29, 0.717) is 0 Å². The van der Waals surface area contributed by atoms with Gasteiger partial charge in [0.25, 0.3) is 5.91 Å². The van der Waals surface area contributed by atoms with Crippen LogP contribution in [0.1, 0.15) is 13.8 Å². The fourth-order valence-corrected chi connectivity index (χ4v) is 1.69. The number of hydrogen-bond acceptors (Lipinski definition) is 5. The second-order valence-corrected chi connectivity index (χ2v) is 4.20. The van der Waals surface area contributed by atoms with E-state index in [1.807, 2.05) is 0 Å². The van der Waals surface area contributed by atoms with Crippen LogP contribution >= 0.6 is 0 Å². The van der Waals surface area contributed by atoms with Crippen LogP contribution < -0.4 is 5.73 Å². The van der Waals surface area contributed by atoms with E-state index >= 15 is 0 Å². The monoisotopic (exact) mass is 240 g/mol. The van der Waals surface area contributed by atoms with Gasteiger partial charge in [-0.25, -0.2) is 9.10 Å². The summed E-state index contributed by atoms with van der Waals surface area (Å²) < 4.78 is 30.0. The molecule has 15 heavy (non-hydrogen) atoms. The van der Waals surface area contributed by atoms with Gasteiger partial charge in [0.15, 0.2) is 0 Å². The van der Waals surface area contributed by atoms with E-state index in [1.165, 1.54) is 6.92 Å². The first-order valence-corrected chi connectivity index (χ1v) is 5.27. The van der Waals surface area contributed by atoms with Crippen LogP contribution in [0.15, 0.2) is 0 Å². The van der Waals surface area contributed by atoms with Gasteiger partial charge in [-0.05, 0) is 13.8 Å². The molecular weight excluding hydrogens is 228 g/mol. The van der Waals surface area contributed by atoms with E-state index in [2.05, 4.69) is 0 Å². The smallest absolute Gasteiger partial charge is 0.363 e. The molecule has 0 aliphatic rings. The Morgan fingerprint density at radius 1 is 1.33 bits per heavy atom. The summed E-state index contributed by atoms with van der Waals surface area (Å²) in [6.07, 6.45) is 0. The summed E-state index contributed by atoms with van der Waals surface area (Å²) in [4.78, 5) is 21.7. The highest BCUT2D eigenvalue weighted by Gasteiger charge is 2.36. The van der Waals surface area contributed by atoms with Gasteiger partial charge in [0.05, 0.1) is 6.04 Å². The lowest BCUT2D eigenvalue weighted by molar-refractivity contribution is -0.145. The first-order chi connectivity index (χ1) is 6.59. The molecule has 8 nitrogen and oxygen atoms in total. The number of nitrogens with zero attached hydrogens (tertiary/aromatic N) is 1. The summed E-state index contributed by atoms with van der Waals surface area (Å²) in [5, 5.41) is 8.54. The average Bonchev–Trinajstić information content (AvgIpc) is 2.01. The highest BCUT2D eigenvalue weighted by Crippen LogP contribution is 2.07. The molecule has 88 valence electrons. The van der Waals surface area contributed by atoms with Crippen molar-refractivity contribution in [3.63, 3.8) is 0 Å². The van der Waals surface area contributed by atoms with Crippen molar-refractivity contribution in [3.05, 3.63) is 0 Å². The maximum absolute atomic E-state index is 11.2. The largest absolute Gasteiger partial charge is 0.480 e. The van der Waals surface area contributed by atoms with Gasteiger partial charge in [0.2, 0.25) is 0 Å². The van der Waals surface area contributed by atoms with Gasteiger partial charge >= 0.3 is 16.3 Å². The van der Waals surface area contributed by atoms with E-state index in [-0.39, 0.29) is 4.31 Å².